The summed E-state index contributed by atoms with van der Waals surface area (Å²) in [6, 6.07) is 3.81. The number of nitrogens with one attached hydrogen (secondary N) is 1. The van der Waals surface area contributed by atoms with Crippen molar-refractivity contribution in [2.45, 2.75) is 34.2 Å². The molecule has 0 aliphatic rings. The molecule has 0 aliphatic carbocycles. The monoisotopic (exact) mass is 327 g/mol. The van der Waals surface area contributed by atoms with E-state index < -0.39 is 0 Å². The van der Waals surface area contributed by atoms with Gasteiger partial charge in [-0.1, -0.05) is 12.1 Å². The SMILES string of the molecule is Cc1cc(C)n(C[C@H](C)CNC(=O)c2cnc3onc(C)c3c2)n1. The molecule has 7 nitrogen and oxygen atoms in total. The maximum absolute atomic E-state index is 12.3. The summed E-state index contributed by atoms with van der Waals surface area (Å²) in [5, 5.41) is 12.0. The van der Waals surface area contributed by atoms with Gasteiger partial charge >= 0.3 is 0 Å². The fourth-order valence-corrected chi connectivity index (χ4v) is 2.66. The minimum atomic E-state index is -0.148. The van der Waals surface area contributed by atoms with E-state index in [-0.39, 0.29) is 11.8 Å². The van der Waals surface area contributed by atoms with E-state index in [0.29, 0.717) is 17.8 Å². The molecule has 126 valence electrons. The van der Waals surface area contributed by atoms with Crippen LogP contribution in [0.4, 0.5) is 0 Å². The van der Waals surface area contributed by atoms with Crippen LogP contribution in [0.15, 0.2) is 22.9 Å². The lowest BCUT2D eigenvalue weighted by atomic mass is 10.1. The van der Waals surface area contributed by atoms with Gasteiger partial charge in [-0.3, -0.25) is 9.48 Å². The molecule has 3 aromatic rings. The Hall–Kier alpha value is -2.70. The maximum Gasteiger partial charge on any atom is 0.257 e. The number of fused-ring (bicyclic) bond motifs is 1. The van der Waals surface area contributed by atoms with Crippen LogP contribution < -0.4 is 5.32 Å². The Kier molecular flexibility index (Phi) is 4.33. The molecule has 3 rings (SSSR count). The van der Waals surface area contributed by atoms with Gasteiger partial charge in [0.1, 0.15) is 0 Å². The lowest BCUT2D eigenvalue weighted by Crippen LogP contribution is -2.30. The number of nitrogens with zero attached hydrogens (tertiary/aromatic N) is 4. The smallest absolute Gasteiger partial charge is 0.257 e. The molecule has 24 heavy (non-hydrogen) atoms. The number of amides is 1. The van der Waals surface area contributed by atoms with E-state index in [4.69, 9.17) is 4.52 Å². The zero-order valence-electron chi connectivity index (χ0n) is 14.3. The fraction of sp³-hybridized carbons (Fsp3) is 0.412. The Morgan fingerprint density at radius 3 is 2.83 bits per heavy atom. The first-order valence-corrected chi connectivity index (χ1v) is 7.95. The molecule has 0 aliphatic heterocycles. The quantitative estimate of drug-likeness (QED) is 0.778. The van der Waals surface area contributed by atoms with Crippen molar-refractivity contribution in [3.63, 3.8) is 0 Å². The van der Waals surface area contributed by atoms with Crippen LogP contribution in [0.3, 0.4) is 0 Å². The van der Waals surface area contributed by atoms with Crippen LogP contribution >= 0.6 is 0 Å². The Labute approximate surface area is 140 Å². The zero-order valence-corrected chi connectivity index (χ0v) is 14.3. The Bertz CT molecular complexity index is 880. The van der Waals surface area contributed by atoms with Gasteiger partial charge in [-0.15, -0.1) is 0 Å². The molecule has 0 bridgehead atoms. The largest absolute Gasteiger partial charge is 0.352 e. The van der Waals surface area contributed by atoms with Crippen LogP contribution in [0.2, 0.25) is 0 Å². The van der Waals surface area contributed by atoms with Gasteiger partial charge in [0.15, 0.2) is 0 Å². The van der Waals surface area contributed by atoms with Crippen molar-refractivity contribution in [2.24, 2.45) is 5.92 Å². The molecule has 0 unspecified atom stereocenters. The first-order chi connectivity index (χ1) is 11.4. The molecular weight excluding hydrogens is 306 g/mol. The number of hydrogen-bond acceptors (Lipinski definition) is 5. The highest BCUT2D eigenvalue weighted by Crippen LogP contribution is 2.16. The highest BCUT2D eigenvalue weighted by molar-refractivity contribution is 5.96. The van der Waals surface area contributed by atoms with Crippen molar-refractivity contribution in [3.05, 3.63) is 41.0 Å². The van der Waals surface area contributed by atoms with Gasteiger partial charge in [0.2, 0.25) is 0 Å². The topological polar surface area (TPSA) is 85.8 Å². The number of rotatable bonds is 5. The molecule has 1 atom stereocenters. The van der Waals surface area contributed by atoms with E-state index in [9.17, 15) is 4.79 Å². The summed E-state index contributed by atoms with van der Waals surface area (Å²) in [6.07, 6.45) is 1.51. The van der Waals surface area contributed by atoms with Gasteiger partial charge in [-0.2, -0.15) is 5.10 Å². The van der Waals surface area contributed by atoms with Gasteiger partial charge in [0.05, 0.1) is 22.3 Å². The van der Waals surface area contributed by atoms with Crippen molar-refractivity contribution >= 4 is 17.0 Å². The van der Waals surface area contributed by atoms with Crippen LogP contribution in [0.25, 0.3) is 11.1 Å². The Morgan fingerprint density at radius 1 is 1.33 bits per heavy atom. The summed E-state index contributed by atoms with van der Waals surface area (Å²) in [5.41, 5.74) is 3.81. The van der Waals surface area contributed by atoms with E-state index in [1.165, 1.54) is 6.20 Å². The van der Waals surface area contributed by atoms with Crippen molar-refractivity contribution in [1.82, 2.24) is 25.2 Å². The van der Waals surface area contributed by atoms with Crippen LogP contribution in [0, 0.1) is 26.7 Å². The summed E-state index contributed by atoms with van der Waals surface area (Å²) in [4.78, 5) is 16.5. The minimum absolute atomic E-state index is 0.148. The predicted molar refractivity (Wildman–Crippen MR) is 89.7 cm³/mol. The minimum Gasteiger partial charge on any atom is -0.352 e. The summed E-state index contributed by atoms with van der Waals surface area (Å²) in [5.74, 6) is 0.117. The molecule has 0 saturated carbocycles. The fourth-order valence-electron chi connectivity index (χ4n) is 2.66. The number of pyridine rings is 1. The summed E-state index contributed by atoms with van der Waals surface area (Å²) < 4.78 is 7.03. The van der Waals surface area contributed by atoms with E-state index in [0.717, 1.165) is 29.0 Å². The number of carbonyl (C=O) groups is 1. The first-order valence-electron chi connectivity index (χ1n) is 7.95. The lowest BCUT2D eigenvalue weighted by Gasteiger charge is -2.14. The molecule has 3 heterocycles. The van der Waals surface area contributed by atoms with Crippen LogP contribution in [-0.4, -0.2) is 32.4 Å². The molecule has 0 aromatic carbocycles. The Morgan fingerprint density at radius 2 is 2.12 bits per heavy atom. The second-order valence-corrected chi connectivity index (χ2v) is 6.27. The standard InChI is InChI=1S/C17H21N5O2/c1-10(9-22-12(3)5-11(2)20-22)7-18-16(23)14-6-15-13(4)21-24-17(15)19-8-14/h5-6,8,10H,7,9H2,1-4H3,(H,18,23)/t10-/m1/s1. The molecule has 0 saturated heterocycles. The normalized spacial score (nSPS) is 12.5. The van der Waals surface area contributed by atoms with Crippen molar-refractivity contribution < 1.29 is 9.32 Å². The van der Waals surface area contributed by atoms with E-state index >= 15 is 0 Å². The highest BCUT2D eigenvalue weighted by Gasteiger charge is 2.13. The molecule has 0 spiro atoms. The predicted octanol–water partition coefficient (Wildman–Crippen LogP) is 2.41. The third-order valence-electron chi connectivity index (χ3n) is 3.97. The van der Waals surface area contributed by atoms with Gasteiger partial charge in [0.25, 0.3) is 11.6 Å². The van der Waals surface area contributed by atoms with E-state index in [2.05, 4.69) is 27.5 Å². The lowest BCUT2D eigenvalue weighted by molar-refractivity contribution is 0.0946. The van der Waals surface area contributed by atoms with Crippen LogP contribution in [-0.2, 0) is 6.54 Å². The van der Waals surface area contributed by atoms with Crippen LogP contribution in [0.1, 0.15) is 34.4 Å². The van der Waals surface area contributed by atoms with Crippen LogP contribution in [0.5, 0.6) is 0 Å². The third kappa shape index (κ3) is 3.29. The van der Waals surface area contributed by atoms with Gasteiger partial charge in [0, 0.05) is 25.0 Å². The summed E-state index contributed by atoms with van der Waals surface area (Å²) in [7, 11) is 0. The van der Waals surface area contributed by atoms with E-state index in [1.807, 2.05) is 31.5 Å². The average molecular weight is 327 g/mol. The first kappa shape index (κ1) is 16.2. The molecule has 0 fully saturated rings. The van der Waals surface area contributed by atoms with Crippen molar-refractivity contribution in [2.75, 3.05) is 6.54 Å². The van der Waals surface area contributed by atoms with Crippen molar-refractivity contribution in [1.29, 1.82) is 0 Å². The molecule has 1 N–H and O–H groups in total. The Balaban J connectivity index is 1.61. The average Bonchev–Trinajstić information content (AvgIpc) is 3.07. The van der Waals surface area contributed by atoms with Gasteiger partial charge < -0.3 is 9.84 Å². The van der Waals surface area contributed by atoms with Crippen molar-refractivity contribution in [3.8, 4) is 0 Å². The number of aromatic nitrogens is 4. The molecule has 0 radical (unpaired) electrons. The van der Waals surface area contributed by atoms with Gasteiger partial charge in [-0.25, -0.2) is 4.98 Å². The van der Waals surface area contributed by atoms with Gasteiger partial charge in [-0.05, 0) is 38.8 Å². The molecular formula is C17H21N5O2. The number of hydrogen-bond donors (Lipinski definition) is 1. The van der Waals surface area contributed by atoms with E-state index in [1.54, 1.807) is 6.07 Å². The molecule has 7 heteroatoms. The summed E-state index contributed by atoms with van der Waals surface area (Å²) in [6.45, 7) is 9.26. The molecule has 1 amide bonds. The zero-order chi connectivity index (χ0) is 17.3. The maximum atomic E-state index is 12.3. The highest BCUT2D eigenvalue weighted by atomic mass is 16.5. The second kappa shape index (κ2) is 6.43. The number of carbonyl (C=O) groups excluding carboxylic acids is 1. The number of aryl methyl sites for hydroxylation is 3. The summed E-state index contributed by atoms with van der Waals surface area (Å²) >= 11 is 0. The third-order valence-corrected chi connectivity index (χ3v) is 3.97. The second-order valence-electron chi connectivity index (χ2n) is 6.27. The molecule has 3 aromatic heterocycles.